The molecule has 1 aromatic carbocycles. The number of furan rings is 1. The molecule has 2 rings (SSSR count). The van der Waals surface area contributed by atoms with Crippen LogP contribution in [0.5, 0.6) is 0 Å². The van der Waals surface area contributed by atoms with Crippen LogP contribution >= 0.6 is 0 Å². The van der Waals surface area contributed by atoms with Gasteiger partial charge in [-0.05, 0) is 18.6 Å². The Hall–Kier alpha value is -2.07. The van der Waals surface area contributed by atoms with Gasteiger partial charge in [-0.25, -0.2) is 0 Å². The number of amides is 1. The number of carbonyl (C=O) groups excluding carboxylic acids is 1. The van der Waals surface area contributed by atoms with Crippen LogP contribution in [0.4, 0.5) is 0 Å². The second-order valence-electron chi connectivity index (χ2n) is 5.94. The van der Waals surface area contributed by atoms with Gasteiger partial charge in [-0.1, -0.05) is 43.7 Å². The average molecular weight is 286 g/mol. The molecule has 0 aliphatic rings. The Kier molecular flexibility index (Phi) is 4.48. The van der Waals surface area contributed by atoms with E-state index >= 15 is 0 Å². The van der Waals surface area contributed by atoms with Gasteiger partial charge in [0.15, 0.2) is 0 Å². The molecule has 0 fully saturated rings. The minimum absolute atomic E-state index is 0.135. The molecule has 4 heteroatoms. The summed E-state index contributed by atoms with van der Waals surface area (Å²) in [5.41, 5.74) is 8.27. The maximum absolute atomic E-state index is 12.1. The van der Waals surface area contributed by atoms with Crippen LogP contribution < -0.4 is 11.1 Å². The van der Waals surface area contributed by atoms with Crippen LogP contribution in [0.25, 0.3) is 0 Å². The molecular weight excluding hydrogens is 264 g/mol. The van der Waals surface area contributed by atoms with Crippen LogP contribution in [-0.2, 0) is 12.0 Å². The van der Waals surface area contributed by atoms with E-state index in [0.717, 1.165) is 0 Å². The first-order valence-electron chi connectivity index (χ1n) is 7.05. The van der Waals surface area contributed by atoms with Crippen LogP contribution in [0.2, 0.25) is 0 Å². The van der Waals surface area contributed by atoms with Crippen LogP contribution in [0.1, 0.15) is 41.1 Å². The standard InChI is InChI=1S/C17H22N2O2/c1-12-4-6-14(7-5-12)17(2,3)11-19-16(20)13-8-15(9-18)21-10-13/h4-8,10H,9,11,18H2,1-3H3,(H,19,20). The molecule has 0 aliphatic carbocycles. The lowest BCUT2D eigenvalue weighted by Crippen LogP contribution is -2.36. The normalized spacial score (nSPS) is 11.4. The molecule has 4 nitrogen and oxygen atoms in total. The lowest BCUT2D eigenvalue weighted by atomic mass is 9.84. The molecule has 0 saturated carbocycles. The molecule has 0 atom stereocenters. The van der Waals surface area contributed by atoms with Gasteiger partial charge >= 0.3 is 0 Å². The number of carbonyl (C=O) groups is 1. The van der Waals surface area contributed by atoms with E-state index in [1.165, 1.54) is 17.4 Å². The predicted octanol–water partition coefficient (Wildman–Crippen LogP) is 2.75. The highest BCUT2D eigenvalue weighted by molar-refractivity contribution is 5.94. The fourth-order valence-electron chi connectivity index (χ4n) is 2.12. The molecule has 1 aromatic heterocycles. The highest BCUT2D eigenvalue weighted by Gasteiger charge is 2.22. The molecule has 3 N–H and O–H groups in total. The molecule has 21 heavy (non-hydrogen) atoms. The van der Waals surface area contributed by atoms with E-state index in [2.05, 4.69) is 50.4 Å². The van der Waals surface area contributed by atoms with Gasteiger partial charge < -0.3 is 15.5 Å². The zero-order valence-corrected chi connectivity index (χ0v) is 12.8. The van der Waals surface area contributed by atoms with E-state index in [4.69, 9.17) is 10.2 Å². The van der Waals surface area contributed by atoms with Gasteiger partial charge in [-0.15, -0.1) is 0 Å². The molecule has 112 valence electrons. The fourth-order valence-corrected chi connectivity index (χ4v) is 2.12. The Morgan fingerprint density at radius 3 is 2.52 bits per heavy atom. The number of hydrogen-bond acceptors (Lipinski definition) is 3. The van der Waals surface area contributed by atoms with Crippen molar-refractivity contribution in [1.29, 1.82) is 0 Å². The van der Waals surface area contributed by atoms with E-state index in [1.54, 1.807) is 6.07 Å². The zero-order valence-electron chi connectivity index (χ0n) is 12.8. The third-order valence-electron chi connectivity index (χ3n) is 3.64. The summed E-state index contributed by atoms with van der Waals surface area (Å²) < 4.78 is 5.18. The van der Waals surface area contributed by atoms with E-state index in [9.17, 15) is 4.79 Å². The van der Waals surface area contributed by atoms with E-state index in [0.29, 0.717) is 24.4 Å². The van der Waals surface area contributed by atoms with Crippen LogP contribution in [-0.4, -0.2) is 12.5 Å². The van der Waals surface area contributed by atoms with Crippen molar-refractivity contribution in [1.82, 2.24) is 5.32 Å². The highest BCUT2D eigenvalue weighted by Crippen LogP contribution is 2.22. The van der Waals surface area contributed by atoms with Crippen molar-refractivity contribution >= 4 is 5.91 Å². The monoisotopic (exact) mass is 286 g/mol. The van der Waals surface area contributed by atoms with Gasteiger partial charge in [0.05, 0.1) is 12.1 Å². The first kappa shape index (κ1) is 15.3. The van der Waals surface area contributed by atoms with E-state index in [1.807, 2.05) is 0 Å². The Morgan fingerprint density at radius 1 is 1.29 bits per heavy atom. The van der Waals surface area contributed by atoms with Gasteiger partial charge in [0.2, 0.25) is 0 Å². The number of benzene rings is 1. The maximum Gasteiger partial charge on any atom is 0.254 e. The molecule has 0 spiro atoms. The molecule has 0 unspecified atom stereocenters. The SMILES string of the molecule is Cc1ccc(C(C)(C)CNC(=O)c2coc(CN)c2)cc1. The Balaban J connectivity index is 2.00. The topological polar surface area (TPSA) is 68.3 Å². The molecular formula is C17H22N2O2. The summed E-state index contributed by atoms with van der Waals surface area (Å²) in [7, 11) is 0. The second-order valence-corrected chi connectivity index (χ2v) is 5.94. The molecule has 0 radical (unpaired) electrons. The van der Waals surface area contributed by atoms with Crippen molar-refractivity contribution in [3.63, 3.8) is 0 Å². The number of nitrogens with one attached hydrogen (secondary N) is 1. The van der Waals surface area contributed by atoms with Gasteiger partial charge in [0, 0.05) is 12.0 Å². The summed E-state index contributed by atoms with van der Waals surface area (Å²) in [5, 5.41) is 2.95. The van der Waals surface area contributed by atoms with Crippen molar-refractivity contribution < 1.29 is 9.21 Å². The number of aryl methyl sites for hydroxylation is 1. The quantitative estimate of drug-likeness (QED) is 0.888. The van der Waals surface area contributed by atoms with Gasteiger partial charge in [0.25, 0.3) is 5.91 Å². The Bertz CT molecular complexity index is 612. The molecule has 1 heterocycles. The summed E-state index contributed by atoms with van der Waals surface area (Å²) in [6.07, 6.45) is 1.44. The summed E-state index contributed by atoms with van der Waals surface area (Å²) in [6, 6.07) is 10.1. The van der Waals surface area contributed by atoms with Crippen LogP contribution in [0.15, 0.2) is 41.0 Å². The Morgan fingerprint density at radius 2 is 1.95 bits per heavy atom. The number of rotatable bonds is 5. The highest BCUT2D eigenvalue weighted by atomic mass is 16.3. The van der Waals surface area contributed by atoms with Crippen molar-refractivity contribution in [3.05, 3.63) is 59.0 Å². The summed E-state index contributed by atoms with van der Waals surface area (Å²) >= 11 is 0. The number of hydrogen-bond donors (Lipinski definition) is 2. The first-order chi connectivity index (χ1) is 9.92. The summed E-state index contributed by atoms with van der Waals surface area (Å²) in [5.74, 6) is 0.469. The fraction of sp³-hybridized carbons (Fsp3) is 0.353. The first-order valence-corrected chi connectivity index (χ1v) is 7.05. The predicted molar refractivity (Wildman–Crippen MR) is 83.1 cm³/mol. The van der Waals surface area contributed by atoms with Gasteiger partial charge in [-0.2, -0.15) is 0 Å². The smallest absolute Gasteiger partial charge is 0.254 e. The summed E-state index contributed by atoms with van der Waals surface area (Å²) in [4.78, 5) is 12.1. The van der Waals surface area contributed by atoms with Crippen LogP contribution in [0.3, 0.4) is 0 Å². The average Bonchev–Trinajstić information content (AvgIpc) is 2.94. The van der Waals surface area contributed by atoms with Crippen molar-refractivity contribution in [2.45, 2.75) is 32.7 Å². The number of nitrogens with two attached hydrogens (primary N) is 1. The van der Waals surface area contributed by atoms with Crippen molar-refractivity contribution in [2.75, 3.05) is 6.54 Å². The van der Waals surface area contributed by atoms with Crippen LogP contribution in [0, 0.1) is 6.92 Å². The molecule has 0 saturated heterocycles. The lowest BCUT2D eigenvalue weighted by molar-refractivity contribution is 0.0945. The van der Waals surface area contributed by atoms with Gasteiger partial charge in [-0.3, -0.25) is 4.79 Å². The van der Waals surface area contributed by atoms with Crippen molar-refractivity contribution in [2.24, 2.45) is 5.73 Å². The largest absolute Gasteiger partial charge is 0.467 e. The van der Waals surface area contributed by atoms with E-state index in [-0.39, 0.29) is 11.3 Å². The molecule has 2 aromatic rings. The zero-order chi connectivity index (χ0) is 15.5. The minimum Gasteiger partial charge on any atom is -0.467 e. The molecule has 0 aliphatic heterocycles. The molecule has 1 amide bonds. The van der Waals surface area contributed by atoms with Gasteiger partial charge in [0.1, 0.15) is 12.0 Å². The third kappa shape index (κ3) is 3.73. The summed E-state index contributed by atoms with van der Waals surface area (Å²) in [6.45, 7) is 7.13. The lowest BCUT2D eigenvalue weighted by Gasteiger charge is -2.25. The molecule has 0 bridgehead atoms. The minimum atomic E-state index is -0.140. The third-order valence-corrected chi connectivity index (χ3v) is 3.64. The Labute approximate surface area is 125 Å². The van der Waals surface area contributed by atoms with E-state index < -0.39 is 0 Å². The van der Waals surface area contributed by atoms with Crippen molar-refractivity contribution in [3.8, 4) is 0 Å². The maximum atomic E-state index is 12.1. The second kappa shape index (κ2) is 6.14.